The number of hydrogen-bond donors (Lipinski definition) is 1. The highest BCUT2D eigenvalue weighted by Crippen LogP contribution is 2.55. The van der Waals surface area contributed by atoms with E-state index in [1.165, 1.54) is 19.3 Å². The van der Waals surface area contributed by atoms with Crippen LogP contribution in [0.1, 0.15) is 54.8 Å². The Kier molecular flexibility index (Phi) is 3.83. The number of fused-ring (bicyclic) bond motifs is 1. The molecule has 0 saturated heterocycles. The van der Waals surface area contributed by atoms with E-state index in [2.05, 4.69) is 5.32 Å². The van der Waals surface area contributed by atoms with Crippen molar-refractivity contribution >= 4 is 5.91 Å². The Labute approximate surface area is 169 Å². The fraction of sp³-hybridized carbons (Fsp3) is 0.522. The van der Waals surface area contributed by atoms with Crippen molar-refractivity contribution in [3.63, 3.8) is 0 Å². The van der Waals surface area contributed by atoms with Gasteiger partial charge in [-0.05, 0) is 80.5 Å². The largest absolute Gasteiger partial charge is 0.486 e. The van der Waals surface area contributed by atoms with Gasteiger partial charge in [0.05, 0.1) is 0 Å². The molecule has 1 aliphatic heterocycles. The zero-order chi connectivity index (χ0) is 19.4. The van der Waals surface area contributed by atoms with E-state index in [4.69, 9.17) is 18.6 Å². The van der Waals surface area contributed by atoms with Gasteiger partial charge in [0.15, 0.2) is 17.3 Å². The molecule has 6 heteroatoms. The zero-order valence-corrected chi connectivity index (χ0v) is 16.3. The lowest BCUT2D eigenvalue weighted by molar-refractivity contribution is -0.0171. The lowest BCUT2D eigenvalue weighted by Crippen LogP contribution is -2.59. The van der Waals surface area contributed by atoms with Crippen molar-refractivity contribution in [2.45, 2.75) is 50.7 Å². The smallest absolute Gasteiger partial charge is 0.287 e. The number of hydrogen-bond acceptors (Lipinski definition) is 5. The molecule has 152 valence electrons. The Morgan fingerprint density at radius 3 is 2.48 bits per heavy atom. The first-order valence-corrected chi connectivity index (χ1v) is 10.6. The summed E-state index contributed by atoms with van der Waals surface area (Å²) < 4.78 is 22.2. The molecule has 1 aromatic heterocycles. The molecule has 4 fully saturated rings. The number of rotatable bonds is 5. The van der Waals surface area contributed by atoms with Crippen molar-refractivity contribution < 1.29 is 23.4 Å². The average Bonchev–Trinajstić information content (AvgIpc) is 3.34. The first kappa shape index (κ1) is 17.2. The van der Waals surface area contributed by atoms with Crippen molar-refractivity contribution in [1.82, 2.24) is 5.32 Å². The number of ether oxygens (including phenoxy) is 3. The quantitative estimate of drug-likeness (QED) is 0.818. The van der Waals surface area contributed by atoms with Crippen LogP contribution in [0.4, 0.5) is 0 Å². The Bertz CT molecular complexity index is 913. The van der Waals surface area contributed by atoms with Crippen LogP contribution in [-0.2, 0) is 6.61 Å². The summed E-state index contributed by atoms with van der Waals surface area (Å²) >= 11 is 0. The van der Waals surface area contributed by atoms with Crippen LogP contribution in [0.5, 0.6) is 17.2 Å². The highest BCUT2D eigenvalue weighted by Gasteiger charge is 2.51. The molecule has 0 atom stereocenters. The summed E-state index contributed by atoms with van der Waals surface area (Å²) in [6, 6.07) is 9.00. The second-order valence-electron chi connectivity index (χ2n) is 9.22. The van der Waals surface area contributed by atoms with E-state index in [1.54, 1.807) is 12.1 Å². The average molecular weight is 395 g/mol. The summed E-state index contributed by atoms with van der Waals surface area (Å²) in [5.41, 5.74) is -0.0121. The van der Waals surface area contributed by atoms with Crippen molar-refractivity contribution in [2.75, 3.05) is 6.79 Å². The molecule has 0 spiro atoms. The molecule has 0 unspecified atom stereocenters. The molecule has 4 bridgehead atoms. The summed E-state index contributed by atoms with van der Waals surface area (Å²) in [7, 11) is 0. The predicted molar refractivity (Wildman–Crippen MR) is 104 cm³/mol. The number of nitrogens with one attached hydrogen (secondary N) is 1. The molecule has 7 rings (SSSR count). The minimum absolute atomic E-state index is 0.0121. The Balaban J connectivity index is 1.10. The van der Waals surface area contributed by atoms with Gasteiger partial charge >= 0.3 is 0 Å². The van der Waals surface area contributed by atoms with Crippen LogP contribution in [0.15, 0.2) is 34.7 Å². The minimum Gasteiger partial charge on any atom is -0.486 e. The van der Waals surface area contributed by atoms with E-state index in [9.17, 15) is 4.79 Å². The van der Waals surface area contributed by atoms with E-state index in [1.807, 2.05) is 18.2 Å². The molecule has 6 nitrogen and oxygen atoms in total. The first-order valence-electron chi connectivity index (χ1n) is 10.6. The molecule has 2 aromatic rings. The molecular formula is C23H25NO5. The predicted octanol–water partition coefficient (Wildman–Crippen LogP) is 4.29. The van der Waals surface area contributed by atoms with Crippen LogP contribution >= 0.6 is 0 Å². The summed E-state index contributed by atoms with van der Waals surface area (Å²) in [4.78, 5) is 12.9. The van der Waals surface area contributed by atoms with Gasteiger partial charge in [-0.25, -0.2) is 0 Å². The van der Waals surface area contributed by atoms with E-state index >= 15 is 0 Å². The molecule has 1 N–H and O–H groups in total. The van der Waals surface area contributed by atoms with E-state index < -0.39 is 0 Å². The van der Waals surface area contributed by atoms with Gasteiger partial charge in [0.1, 0.15) is 18.1 Å². The maximum absolute atomic E-state index is 12.9. The van der Waals surface area contributed by atoms with Crippen LogP contribution in [0.3, 0.4) is 0 Å². The highest BCUT2D eigenvalue weighted by atomic mass is 16.7. The number of carbonyl (C=O) groups is 1. The molecule has 29 heavy (non-hydrogen) atoms. The van der Waals surface area contributed by atoms with Gasteiger partial charge in [-0.1, -0.05) is 0 Å². The van der Waals surface area contributed by atoms with Gasteiger partial charge in [-0.2, -0.15) is 0 Å². The van der Waals surface area contributed by atoms with Crippen LogP contribution in [0, 0.1) is 17.8 Å². The Morgan fingerprint density at radius 1 is 1.00 bits per heavy atom. The van der Waals surface area contributed by atoms with Gasteiger partial charge in [0.25, 0.3) is 5.91 Å². The Morgan fingerprint density at radius 2 is 1.72 bits per heavy atom. The Hall–Kier alpha value is -2.63. The zero-order valence-electron chi connectivity index (χ0n) is 16.3. The van der Waals surface area contributed by atoms with Crippen LogP contribution < -0.4 is 19.5 Å². The second kappa shape index (κ2) is 6.44. The minimum atomic E-state index is -0.0960. The van der Waals surface area contributed by atoms with E-state index in [0.29, 0.717) is 23.0 Å². The summed E-state index contributed by atoms with van der Waals surface area (Å²) in [5.74, 6) is 5.35. The molecular weight excluding hydrogens is 370 g/mol. The number of carbonyl (C=O) groups excluding carboxylic acids is 1. The third-order valence-electron chi connectivity index (χ3n) is 7.03. The van der Waals surface area contributed by atoms with E-state index in [-0.39, 0.29) is 24.8 Å². The summed E-state index contributed by atoms with van der Waals surface area (Å²) in [6.07, 6.45) is 7.47. The molecule has 5 aliphatic rings. The normalized spacial score (nSPS) is 31.1. The van der Waals surface area contributed by atoms with Crippen molar-refractivity contribution in [2.24, 2.45) is 17.8 Å². The lowest BCUT2D eigenvalue weighted by atomic mass is 9.53. The van der Waals surface area contributed by atoms with Crippen molar-refractivity contribution in [3.8, 4) is 17.2 Å². The number of amides is 1. The molecule has 1 aromatic carbocycles. The maximum Gasteiger partial charge on any atom is 0.287 e. The van der Waals surface area contributed by atoms with E-state index in [0.717, 1.165) is 42.8 Å². The highest BCUT2D eigenvalue weighted by molar-refractivity contribution is 5.92. The summed E-state index contributed by atoms with van der Waals surface area (Å²) in [6.45, 7) is 0.490. The molecule has 4 saturated carbocycles. The van der Waals surface area contributed by atoms with Gasteiger partial charge < -0.3 is 23.9 Å². The van der Waals surface area contributed by atoms with Gasteiger partial charge in [-0.3, -0.25) is 4.79 Å². The van der Waals surface area contributed by atoms with Crippen LogP contribution in [0.2, 0.25) is 0 Å². The fourth-order valence-electron chi connectivity index (χ4n) is 6.26. The first-order chi connectivity index (χ1) is 14.1. The topological polar surface area (TPSA) is 69.9 Å². The standard InChI is InChI=1S/C23H25NO5/c25-22(24-23-9-14-5-15(10-23)7-16(6-14)11-23)20-4-2-18(29-20)12-26-17-1-3-19-21(8-17)28-13-27-19/h1-4,8,14-16H,5-7,9-13H2,(H,24,25). The lowest BCUT2D eigenvalue weighted by Gasteiger charge is -2.56. The van der Waals surface area contributed by atoms with Crippen molar-refractivity contribution in [1.29, 1.82) is 0 Å². The fourth-order valence-corrected chi connectivity index (χ4v) is 6.26. The van der Waals surface area contributed by atoms with Crippen LogP contribution in [-0.4, -0.2) is 18.2 Å². The molecule has 0 radical (unpaired) electrons. The number of benzene rings is 1. The van der Waals surface area contributed by atoms with Gasteiger partial charge in [-0.15, -0.1) is 0 Å². The van der Waals surface area contributed by atoms with Crippen LogP contribution in [0.25, 0.3) is 0 Å². The number of furan rings is 1. The molecule has 4 aliphatic carbocycles. The monoisotopic (exact) mass is 395 g/mol. The maximum atomic E-state index is 12.9. The second-order valence-corrected chi connectivity index (χ2v) is 9.22. The summed E-state index contributed by atoms with van der Waals surface area (Å²) in [5, 5.41) is 3.35. The SMILES string of the molecule is O=C(NC12CC3CC(CC(C3)C1)C2)c1ccc(COc2ccc3c(c2)OCO3)o1. The van der Waals surface area contributed by atoms with Crippen molar-refractivity contribution in [3.05, 3.63) is 41.9 Å². The third kappa shape index (κ3) is 3.15. The molecule has 1 amide bonds. The van der Waals surface area contributed by atoms with Gasteiger partial charge in [0.2, 0.25) is 6.79 Å². The molecule has 2 heterocycles. The third-order valence-corrected chi connectivity index (χ3v) is 7.03. The van der Waals surface area contributed by atoms with Gasteiger partial charge in [0, 0.05) is 11.6 Å².